The summed E-state index contributed by atoms with van der Waals surface area (Å²) in [6.45, 7) is 0. The van der Waals surface area contributed by atoms with Gasteiger partial charge in [0.25, 0.3) is 0 Å². The lowest BCUT2D eigenvalue weighted by Gasteiger charge is -2.11. The summed E-state index contributed by atoms with van der Waals surface area (Å²) in [5.41, 5.74) is 2.52. The van der Waals surface area contributed by atoms with E-state index in [1.165, 1.54) is 0 Å². The molecule has 2 aromatic rings. The fourth-order valence-corrected chi connectivity index (χ4v) is 2.22. The molecule has 6 nitrogen and oxygen atoms in total. The first-order valence-corrected chi connectivity index (χ1v) is 6.41. The van der Waals surface area contributed by atoms with E-state index in [1.54, 1.807) is 12.5 Å². The number of amides is 2. The number of aromatic amines is 1. The zero-order valence-corrected chi connectivity index (χ0v) is 10.7. The van der Waals surface area contributed by atoms with E-state index >= 15 is 0 Å². The van der Waals surface area contributed by atoms with Crippen LogP contribution in [0.25, 0.3) is 11.3 Å². The van der Waals surface area contributed by atoms with Crippen molar-refractivity contribution in [1.82, 2.24) is 15.3 Å². The number of hydrogen-bond acceptors (Lipinski definition) is 3. The number of nitrogens with zero attached hydrogens (tertiary/aromatic N) is 1. The number of H-pyrrole nitrogens is 1. The number of rotatable bonds is 3. The standard InChI is InChI=1S/C14H14N4O2/c19-13-5-4-11(18-13)14(20)17-10-3-1-2-9(6-10)12-7-15-8-16-12/h1-3,6-8,11H,4-5H2,(H,15,16)(H,17,20)(H,18,19). The molecule has 0 bridgehead atoms. The Morgan fingerprint density at radius 1 is 1.40 bits per heavy atom. The summed E-state index contributed by atoms with van der Waals surface area (Å²) in [5.74, 6) is -0.256. The highest BCUT2D eigenvalue weighted by molar-refractivity contribution is 5.99. The van der Waals surface area contributed by atoms with Gasteiger partial charge in [0.05, 0.1) is 18.2 Å². The molecule has 0 spiro atoms. The zero-order chi connectivity index (χ0) is 13.9. The summed E-state index contributed by atoms with van der Waals surface area (Å²) in [5, 5.41) is 5.47. The Kier molecular flexibility index (Phi) is 3.20. The number of anilines is 1. The van der Waals surface area contributed by atoms with Crippen LogP contribution in [0.1, 0.15) is 12.8 Å². The Bertz CT molecular complexity index is 636. The number of imidazole rings is 1. The molecule has 0 aliphatic carbocycles. The fourth-order valence-electron chi connectivity index (χ4n) is 2.22. The molecule has 1 saturated heterocycles. The van der Waals surface area contributed by atoms with E-state index in [0.29, 0.717) is 18.5 Å². The van der Waals surface area contributed by atoms with Crippen molar-refractivity contribution in [3.63, 3.8) is 0 Å². The van der Waals surface area contributed by atoms with Gasteiger partial charge in [-0.1, -0.05) is 12.1 Å². The number of benzene rings is 1. The van der Waals surface area contributed by atoms with Crippen LogP contribution in [-0.4, -0.2) is 27.8 Å². The number of aromatic nitrogens is 2. The first kappa shape index (κ1) is 12.4. The number of nitrogens with one attached hydrogen (secondary N) is 3. The van der Waals surface area contributed by atoms with E-state index in [0.717, 1.165) is 11.3 Å². The molecule has 1 aliphatic rings. The molecule has 6 heteroatoms. The minimum atomic E-state index is -0.432. The molecule has 1 aromatic carbocycles. The molecule has 2 heterocycles. The molecule has 1 atom stereocenters. The van der Waals surface area contributed by atoms with E-state index < -0.39 is 6.04 Å². The Hall–Kier alpha value is -2.63. The number of carbonyl (C=O) groups excluding carboxylic acids is 2. The van der Waals surface area contributed by atoms with Crippen LogP contribution in [0.5, 0.6) is 0 Å². The minimum Gasteiger partial charge on any atom is -0.345 e. The van der Waals surface area contributed by atoms with Crippen LogP contribution in [0, 0.1) is 0 Å². The highest BCUT2D eigenvalue weighted by Gasteiger charge is 2.27. The van der Waals surface area contributed by atoms with E-state index in [2.05, 4.69) is 20.6 Å². The normalized spacial score (nSPS) is 17.8. The van der Waals surface area contributed by atoms with Crippen LogP contribution >= 0.6 is 0 Å². The van der Waals surface area contributed by atoms with Crippen LogP contribution in [0.2, 0.25) is 0 Å². The van der Waals surface area contributed by atoms with Gasteiger partial charge in [-0.05, 0) is 18.6 Å². The van der Waals surface area contributed by atoms with Gasteiger partial charge in [0, 0.05) is 17.7 Å². The third-order valence-electron chi connectivity index (χ3n) is 3.25. The molecule has 102 valence electrons. The molecule has 2 amide bonds. The van der Waals surface area contributed by atoms with Crippen LogP contribution in [-0.2, 0) is 9.59 Å². The second kappa shape index (κ2) is 5.16. The van der Waals surface area contributed by atoms with Crippen molar-refractivity contribution >= 4 is 17.5 Å². The second-order valence-corrected chi connectivity index (χ2v) is 4.69. The predicted octanol–water partition coefficient (Wildman–Crippen LogP) is 1.29. The molecule has 1 aliphatic heterocycles. The molecule has 0 saturated carbocycles. The Labute approximate surface area is 115 Å². The van der Waals surface area contributed by atoms with Crippen molar-refractivity contribution in [3.8, 4) is 11.3 Å². The summed E-state index contributed by atoms with van der Waals surface area (Å²) in [6.07, 6.45) is 4.28. The van der Waals surface area contributed by atoms with Crippen molar-refractivity contribution in [2.45, 2.75) is 18.9 Å². The molecule has 3 rings (SSSR count). The van der Waals surface area contributed by atoms with Crippen molar-refractivity contribution in [2.75, 3.05) is 5.32 Å². The number of hydrogen-bond donors (Lipinski definition) is 3. The van der Waals surface area contributed by atoms with Gasteiger partial charge in [0.2, 0.25) is 11.8 Å². The summed E-state index contributed by atoms with van der Waals surface area (Å²) >= 11 is 0. The van der Waals surface area contributed by atoms with E-state index in [4.69, 9.17) is 0 Å². The lowest BCUT2D eigenvalue weighted by Crippen LogP contribution is -2.37. The predicted molar refractivity (Wildman–Crippen MR) is 73.8 cm³/mol. The third-order valence-corrected chi connectivity index (χ3v) is 3.25. The van der Waals surface area contributed by atoms with Gasteiger partial charge in [0.15, 0.2) is 0 Å². The van der Waals surface area contributed by atoms with E-state index in [-0.39, 0.29) is 11.8 Å². The zero-order valence-electron chi connectivity index (χ0n) is 10.7. The molecule has 1 fully saturated rings. The quantitative estimate of drug-likeness (QED) is 0.785. The SMILES string of the molecule is O=C1CCC(C(=O)Nc2cccc(-c3cnc[nH]3)c2)N1. The summed E-state index contributed by atoms with van der Waals surface area (Å²) in [4.78, 5) is 30.1. The van der Waals surface area contributed by atoms with Gasteiger partial charge < -0.3 is 15.6 Å². The maximum Gasteiger partial charge on any atom is 0.246 e. The lowest BCUT2D eigenvalue weighted by atomic mass is 10.1. The average Bonchev–Trinajstić information content (AvgIpc) is 3.10. The molecule has 0 radical (unpaired) electrons. The summed E-state index contributed by atoms with van der Waals surface area (Å²) < 4.78 is 0. The second-order valence-electron chi connectivity index (χ2n) is 4.69. The van der Waals surface area contributed by atoms with Crippen LogP contribution in [0.15, 0.2) is 36.8 Å². The van der Waals surface area contributed by atoms with E-state index in [1.807, 2.05) is 24.3 Å². The van der Waals surface area contributed by atoms with Crippen LogP contribution < -0.4 is 10.6 Å². The highest BCUT2D eigenvalue weighted by atomic mass is 16.2. The van der Waals surface area contributed by atoms with Gasteiger partial charge in [-0.25, -0.2) is 4.98 Å². The molecule has 3 N–H and O–H groups in total. The Morgan fingerprint density at radius 2 is 2.30 bits per heavy atom. The Balaban J connectivity index is 1.73. The van der Waals surface area contributed by atoms with Gasteiger partial charge in [0.1, 0.15) is 6.04 Å². The topological polar surface area (TPSA) is 86.9 Å². The smallest absolute Gasteiger partial charge is 0.246 e. The van der Waals surface area contributed by atoms with Gasteiger partial charge in [-0.2, -0.15) is 0 Å². The first-order valence-electron chi connectivity index (χ1n) is 6.41. The van der Waals surface area contributed by atoms with Crippen molar-refractivity contribution in [1.29, 1.82) is 0 Å². The van der Waals surface area contributed by atoms with E-state index in [9.17, 15) is 9.59 Å². The summed E-state index contributed by atoms with van der Waals surface area (Å²) in [6, 6.07) is 7.04. The highest BCUT2D eigenvalue weighted by Crippen LogP contribution is 2.20. The molecule has 20 heavy (non-hydrogen) atoms. The summed E-state index contributed by atoms with van der Waals surface area (Å²) in [7, 11) is 0. The Morgan fingerprint density at radius 3 is 3.00 bits per heavy atom. The molecular formula is C14H14N4O2. The van der Waals surface area contributed by atoms with Crippen molar-refractivity contribution < 1.29 is 9.59 Å². The molecule has 1 aromatic heterocycles. The average molecular weight is 270 g/mol. The maximum atomic E-state index is 12.0. The van der Waals surface area contributed by atoms with Gasteiger partial charge in [-0.3, -0.25) is 9.59 Å². The van der Waals surface area contributed by atoms with Crippen molar-refractivity contribution in [3.05, 3.63) is 36.8 Å². The van der Waals surface area contributed by atoms with Crippen molar-refractivity contribution in [2.24, 2.45) is 0 Å². The maximum absolute atomic E-state index is 12.0. The fraction of sp³-hybridized carbons (Fsp3) is 0.214. The minimum absolute atomic E-state index is 0.0728. The molecular weight excluding hydrogens is 256 g/mol. The largest absolute Gasteiger partial charge is 0.345 e. The molecule has 1 unspecified atom stereocenters. The van der Waals surface area contributed by atoms with Crippen LogP contribution in [0.3, 0.4) is 0 Å². The third kappa shape index (κ3) is 2.54. The van der Waals surface area contributed by atoms with Gasteiger partial charge in [-0.15, -0.1) is 0 Å². The monoisotopic (exact) mass is 270 g/mol. The van der Waals surface area contributed by atoms with Crippen LogP contribution in [0.4, 0.5) is 5.69 Å². The number of carbonyl (C=O) groups is 2. The first-order chi connectivity index (χ1) is 9.72. The lowest BCUT2D eigenvalue weighted by molar-refractivity contribution is -0.122. The van der Waals surface area contributed by atoms with Gasteiger partial charge >= 0.3 is 0 Å².